The highest BCUT2D eigenvalue weighted by molar-refractivity contribution is 7.09. The first kappa shape index (κ1) is 23.4. The number of piperidine rings is 1. The first-order chi connectivity index (χ1) is 11.7. The smallest absolute Gasteiger partial charge is 0.254 e. The predicted octanol–water partition coefficient (Wildman–Crippen LogP) is 1.75. The van der Waals surface area contributed by atoms with Gasteiger partial charge in [0.05, 0.1) is 0 Å². The molecular weight excluding hydrogens is 397 g/mol. The van der Waals surface area contributed by atoms with Gasteiger partial charge in [0, 0.05) is 51.2 Å². The van der Waals surface area contributed by atoms with Crippen molar-refractivity contribution in [2.75, 3.05) is 51.3 Å². The molecule has 3 rings (SSSR count). The molecule has 0 aliphatic carbocycles. The highest BCUT2D eigenvalue weighted by atomic mass is 35.5. The summed E-state index contributed by atoms with van der Waals surface area (Å²) in [4.78, 5) is 21.9. The fourth-order valence-electron chi connectivity index (χ4n) is 3.45. The van der Waals surface area contributed by atoms with Crippen LogP contribution in [-0.2, 0) is 16.0 Å². The van der Waals surface area contributed by atoms with E-state index >= 15 is 0 Å². The lowest BCUT2D eigenvalue weighted by Crippen LogP contribution is -2.55. The molecule has 0 aromatic carbocycles. The number of halogens is 2. The number of nitrogens with zero attached hydrogens (tertiary/aromatic N) is 4. The van der Waals surface area contributed by atoms with Crippen molar-refractivity contribution in [3.05, 3.63) is 5.82 Å². The Hall–Kier alpha value is -0.670. The van der Waals surface area contributed by atoms with Crippen LogP contribution in [0.1, 0.15) is 32.0 Å². The van der Waals surface area contributed by atoms with E-state index in [9.17, 15) is 4.79 Å². The van der Waals surface area contributed by atoms with Gasteiger partial charge in [0.1, 0.15) is 11.4 Å². The summed E-state index contributed by atoms with van der Waals surface area (Å²) in [6.45, 7) is 6.98. The number of hydrogen-bond donors (Lipinski definition) is 1. The fourth-order valence-corrected chi connectivity index (χ4v) is 4.25. The van der Waals surface area contributed by atoms with E-state index in [1.54, 1.807) is 7.11 Å². The standard InChI is InChI=1S/C16H27N5O2S.2ClH/c1-3-13-18-15(24-19-13)21-10-4-9-20(11-12-21)14(22)16(23-2)5-7-17-8-6-16;;/h17H,3-12H2,1-2H3;2*1H. The monoisotopic (exact) mass is 425 g/mol. The van der Waals surface area contributed by atoms with Crippen LogP contribution in [-0.4, -0.2) is 72.1 Å². The lowest BCUT2D eigenvalue weighted by Gasteiger charge is -2.38. The van der Waals surface area contributed by atoms with Crippen molar-refractivity contribution >= 4 is 47.4 Å². The van der Waals surface area contributed by atoms with Gasteiger partial charge in [0.15, 0.2) is 0 Å². The van der Waals surface area contributed by atoms with Gasteiger partial charge >= 0.3 is 0 Å². The minimum Gasteiger partial charge on any atom is -0.368 e. The van der Waals surface area contributed by atoms with Crippen molar-refractivity contribution in [1.29, 1.82) is 0 Å². The van der Waals surface area contributed by atoms with Crippen molar-refractivity contribution < 1.29 is 9.53 Å². The van der Waals surface area contributed by atoms with Gasteiger partial charge in [0.2, 0.25) is 5.13 Å². The largest absolute Gasteiger partial charge is 0.368 e. The molecule has 26 heavy (non-hydrogen) atoms. The van der Waals surface area contributed by atoms with E-state index in [4.69, 9.17) is 4.74 Å². The Morgan fingerprint density at radius 2 is 1.96 bits per heavy atom. The normalized spacial score (nSPS) is 19.9. The number of carbonyl (C=O) groups excluding carboxylic acids is 1. The number of methoxy groups -OCH3 is 1. The van der Waals surface area contributed by atoms with Crippen LogP contribution in [0.2, 0.25) is 0 Å². The van der Waals surface area contributed by atoms with Crippen LogP contribution in [0.25, 0.3) is 0 Å². The van der Waals surface area contributed by atoms with E-state index in [1.807, 2.05) is 4.90 Å². The van der Waals surface area contributed by atoms with Crippen LogP contribution in [0.3, 0.4) is 0 Å². The van der Waals surface area contributed by atoms with Gasteiger partial charge in [-0.2, -0.15) is 4.37 Å². The zero-order valence-corrected chi connectivity index (χ0v) is 17.9. The van der Waals surface area contributed by atoms with Gasteiger partial charge in [-0.05, 0) is 32.4 Å². The van der Waals surface area contributed by atoms with E-state index in [0.29, 0.717) is 0 Å². The van der Waals surface area contributed by atoms with Gasteiger partial charge in [-0.15, -0.1) is 24.8 Å². The first-order valence-corrected chi connectivity index (χ1v) is 9.58. The maximum Gasteiger partial charge on any atom is 0.254 e. The SMILES string of the molecule is CCc1nsc(N2CCCN(C(=O)C3(OC)CCNCC3)CC2)n1.Cl.Cl. The molecular formula is C16H29Cl2N5O2S. The third kappa shape index (κ3) is 4.98. The van der Waals surface area contributed by atoms with Crippen LogP contribution in [0.15, 0.2) is 0 Å². The minimum absolute atomic E-state index is 0. The summed E-state index contributed by atoms with van der Waals surface area (Å²) >= 11 is 1.46. The molecule has 2 saturated heterocycles. The molecule has 7 nitrogen and oxygen atoms in total. The lowest BCUT2D eigenvalue weighted by molar-refractivity contribution is -0.158. The van der Waals surface area contributed by atoms with Crippen molar-refractivity contribution in [2.45, 2.75) is 38.2 Å². The Labute approximate surface area is 171 Å². The molecule has 150 valence electrons. The Kier molecular flexibility index (Phi) is 9.54. The topological polar surface area (TPSA) is 70.6 Å². The number of hydrogen-bond acceptors (Lipinski definition) is 7. The summed E-state index contributed by atoms with van der Waals surface area (Å²) in [5, 5.41) is 4.28. The summed E-state index contributed by atoms with van der Waals surface area (Å²) in [6.07, 6.45) is 3.31. The predicted molar refractivity (Wildman–Crippen MR) is 109 cm³/mol. The van der Waals surface area contributed by atoms with Crippen molar-refractivity contribution in [3.63, 3.8) is 0 Å². The van der Waals surface area contributed by atoms with Crippen LogP contribution in [0.5, 0.6) is 0 Å². The van der Waals surface area contributed by atoms with Gasteiger partial charge in [-0.1, -0.05) is 6.92 Å². The number of anilines is 1. The number of aryl methyl sites for hydroxylation is 1. The minimum atomic E-state index is -0.640. The Morgan fingerprint density at radius 1 is 1.23 bits per heavy atom. The summed E-state index contributed by atoms with van der Waals surface area (Å²) in [5.74, 6) is 1.06. The molecule has 0 atom stereocenters. The zero-order chi connectivity index (χ0) is 17.0. The molecule has 0 bridgehead atoms. The highest BCUT2D eigenvalue weighted by Gasteiger charge is 2.42. The second-order valence-electron chi connectivity index (χ2n) is 6.43. The molecule has 0 radical (unpaired) electrons. The highest BCUT2D eigenvalue weighted by Crippen LogP contribution is 2.26. The second-order valence-corrected chi connectivity index (χ2v) is 7.16. The molecule has 2 fully saturated rings. The van der Waals surface area contributed by atoms with Crippen LogP contribution < -0.4 is 10.2 Å². The molecule has 0 spiro atoms. The quantitative estimate of drug-likeness (QED) is 0.791. The number of rotatable bonds is 4. The molecule has 0 unspecified atom stereocenters. The molecule has 1 aromatic rings. The van der Waals surface area contributed by atoms with E-state index < -0.39 is 5.60 Å². The van der Waals surface area contributed by atoms with Gasteiger partial charge in [0.25, 0.3) is 5.91 Å². The van der Waals surface area contributed by atoms with Crippen LogP contribution in [0.4, 0.5) is 5.13 Å². The molecule has 0 saturated carbocycles. The average Bonchev–Trinajstić information content (AvgIpc) is 2.98. The van der Waals surface area contributed by atoms with Gasteiger partial charge in [-0.25, -0.2) is 4.98 Å². The van der Waals surface area contributed by atoms with Crippen molar-refractivity contribution in [1.82, 2.24) is 19.6 Å². The van der Waals surface area contributed by atoms with E-state index in [2.05, 4.69) is 26.5 Å². The molecule has 10 heteroatoms. The maximum atomic E-state index is 13.1. The number of amides is 1. The number of aromatic nitrogens is 2. The summed E-state index contributed by atoms with van der Waals surface area (Å²) in [7, 11) is 1.67. The lowest BCUT2D eigenvalue weighted by atomic mass is 9.90. The third-order valence-electron chi connectivity index (χ3n) is 5.02. The van der Waals surface area contributed by atoms with E-state index in [-0.39, 0.29) is 30.7 Å². The van der Waals surface area contributed by atoms with E-state index in [0.717, 1.165) is 75.9 Å². The second kappa shape index (κ2) is 10.6. The summed E-state index contributed by atoms with van der Waals surface area (Å²) < 4.78 is 10.1. The Balaban J connectivity index is 0.00000169. The molecule has 1 aromatic heterocycles. The van der Waals surface area contributed by atoms with Gasteiger partial charge in [-0.3, -0.25) is 4.79 Å². The first-order valence-electron chi connectivity index (χ1n) is 8.81. The van der Waals surface area contributed by atoms with Crippen LogP contribution in [0, 0.1) is 0 Å². The summed E-state index contributed by atoms with van der Waals surface area (Å²) in [5.41, 5.74) is -0.640. The zero-order valence-electron chi connectivity index (χ0n) is 15.4. The Bertz CT molecular complexity index is 569. The number of nitrogens with one attached hydrogen (secondary N) is 1. The Morgan fingerprint density at radius 3 is 2.58 bits per heavy atom. The van der Waals surface area contributed by atoms with E-state index in [1.165, 1.54) is 11.5 Å². The number of carbonyl (C=O) groups is 1. The molecule has 2 aliphatic heterocycles. The average molecular weight is 426 g/mol. The molecule has 1 amide bonds. The fraction of sp³-hybridized carbons (Fsp3) is 0.812. The van der Waals surface area contributed by atoms with Crippen molar-refractivity contribution in [2.24, 2.45) is 0 Å². The van der Waals surface area contributed by atoms with Crippen LogP contribution >= 0.6 is 36.3 Å². The van der Waals surface area contributed by atoms with Crippen molar-refractivity contribution in [3.8, 4) is 0 Å². The summed E-state index contributed by atoms with van der Waals surface area (Å²) in [6, 6.07) is 0. The molecule has 3 heterocycles. The maximum absolute atomic E-state index is 13.1. The molecule has 2 aliphatic rings. The third-order valence-corrected chi connectivity index (χ3v) is 5.83. The number of ether oxygens (including phenoxy) is 1. The van der Waals surface area contributed by atoms with Gasteiger partial charge < -0.3 is 19.9 Å². The molecule has 1 N–H and O–H groups in total.